The Hall–Kier alpha value is -2.18. The zero-order valence-corrected chi connectivity index (χ0v) is 12.8. The van der Waals surface area contributed by atoms with Crippen molar-refractivity contribution in [3.63, 3.8) is 0 Å². The van der Waals surface area contributed by atoms with Crippen LogP contribution in [0.1, 0.15) is 11.4 Å². The Balaban J connectivity index is 2.09. The molecule has 5 nitrogen and oxygen atoms in total. The molecule has 0 saturated heterocycles. The van der Waals surface area contributed by atoms with E-state index in [1.165, 1.54) is 6.07 Å². The van der Waals surface area contributed by atoms with Crippen molar-refractivity contribution in [3.8, 4) is 11.4 Å². The molecule has 1 aromatic carbocycles. The van der Waals surface area contributed by atoms with Crippen LogP contribution in [0.3, 0.4) is 0 Å². The van der Waals surface area contributed by atoms with E-state index in [0.29, 0.717) is 17.9 Å². The maximum Gasteiger partial charge on any atom is 0.142 e. The number of halogens is 2. The van der Waals surface area contributed by atoms with Gasteiger partial charge in [0.1, 0.15) is 17.5 Å². The van der Waals surface area contributed by atoms with E-state index in [1.54, 1.807) is 18.5 Å². The van der Waals surface area contributed by atoms with Gasteiger partial charge in [-0.3, -0.25) is 0 Å². The Kier molecular flexibility index (Phi) is 3.96. The van der Waals surface area contributed by atoms with Gasteiger partial charge in [-0.25, -0.2) is 14.4 Å². The molecule has 0 aliphatic carbocycles. The van der Waals surface area contributed by atoms with Gasteiger partial charge in [-0.2, -0.15) is 0 Å². The summed E-state index contributed by atoms with van der Waals surface area (Å²) in [5.41, 5.74) is 7.03. The number of rotatable bonds is 4. The zero-order valence-electron chi connectivity index (χ0n) is 12.0. The zero-order chi connectivity index (χ0) is 15.7. The topological polar surface area (TPSA) is 61.7 Å². The molecule has 0 aliphatic rings. The van der Waals surface area contributed by atoms with E-state index in [-0.39, 0.29) is 11.6 Å². The van der Waals surface area contributed by atoms with Crippen LogP contribution in [0.25, 0.3) is 11.4 Å². The predicted molar refractivity (Wildman–Crippen MR) is 82.8 cm³/mol. The molecule has 114 valence electrons. The van der Waals surface area contributed by atoms with Gasteiger partial charge in [0.25, 0.3) is 0 Å². The fourth-order valence-electron chi connectivity index (χ4n) is 2.37. The second kappa shape index (κ2) is 5.90. The van der Waals surface area contributed by atoms with Crippen molar-refractivity contribution in [1.82, 2.24) is 19.1 Å². The number of nitrogens with zero attached hydrogens (tertiary/aromatic N) is 4. The third-order valence-electron chi connectivity index (χ3n) is 3.57. The van der Waals surface area contributed by atoms with E-state index in [0.717, 1.165) is 11.4 Å². The summed E-state index contributed by atoms with van der Waals surface area (Å²) in [4.78, 5) is 8.62. The quantitative estimate of drug-likeness (QED) is 0.804. The van der Waals surface area contributed by atoms with Crippen LogP contribution in [0.5, 0.6) is 0 Å². The average Bonchev–Trinajstić information content (AvgIpc) is 3.12. The first-order valence-corrected chi connectivity index (χ1v) is 7.14. The summed E-state index contributed by atoms with van der Waals surface area (Å²) in [6.45, 7) is 0.764. The summed E-state index contributed by atoms with van der Waals surface area (Å²) < 4.78 is 17.6. The lowest BCUT2D eigenvalue weighted by Gasteiger charge is -2.13. The lowest BCUT2D eigenvalue weighted by Crippen LogP contribution is -2.09. The summed E-state index contributed by atoms with van der Waals surface area (Å²) in [5, 5.41) is 0.0373. The van der Waals surface area contributed by atoms with E-state index in [4.69, 9.17) is 17.3 Å². The molecule has 2 aromatic heterocycles. The van der Waals surface area contributed by atoms with Crippen molar-refractivity contribution in [2.75, 3.05) is 0 Å². The number of aryl methyl sites for hydroxylation is 1. The van der Waals surface area contributed by atoms with Gasteiger partial charge >= 0.3 is 0 Å². The Bertz CT molecular complexity index is 808. The van der Waals surface area contributed by atoms with Crippen molar-refractivity contribution in [3.05, 3.63) is 59.1 Å². The second-order valence-corrected chi connectivity index (χ2v) is 5.31. The number of hydrogen-bond donors (Lipinski definition) is 1. The Morgan fingerprint density at radius 1 is 1.23 bits per heavy atom. The molecule has 0 unspecified atom stereocenters. The molecule has 0 atom stereocenters. The van der Waals surface area contributed by atoms with Gasteiger partial charge < -0.3 is 14.9 Å². The SMILES string of the molecule is Cn1ccnc1Cn1ccnc1-c1c(CN)ccc(F)c1Cl. The van der Waals surface area contributed by atoms with E-state index in [9.17, 15) is 4.39 Å². The maximum atomic E-state index is 13.8. The first-order valence-electron chi connectivity index (χ1n) is 6.76. The van der Waals surface area contributed by atoms with E-state index in [2.05, 4.69) is 9.97 Å². The lowest BCUT2D eigenvalue weighted by atomic mass is 10.1. The highest BCUT2D eigenvalue weighted by molar-refractivity contribution is 6.33. The number of aromatic nitrogens is 4. The molecule has 7 heteroatoms. The molecule has 22 heavy (non-hydrogen) atoms. The van der Waals surface area contributed by atoms with Crippen molar-refractivity contribution in [2.45, 2.75) is 13.1 Å². The van der Waals surface area contributed by atoms with Crippen LogP contribution >= 0.6 is 11.6 Å². The first-order chi connectivity index (χ1) is 10.6. The van der Waals surface area contributed by atoms with Crippen molar-refractivity contribution in [1.29, 1.82) is 0 Å². The third kappa shape index (κ3) is 2.51. The molecule has 2 heterocycles. The predicted octanol–water partition coefficient (Wildman–Crippen LogP) is 2.58. The normalized spacial score (nSPS) is 11.1. The van der Waals surface area contributed by atoms with Crippen molar-refractivity contribution >= 4 is 11.6 Å². The summed E-state index contributed by atoms with van der Waals surface area (Å²) >= 11 is 6.15. The fourth-order valence-corrected chi connectivity index (χ4v) is 2.64. The van der Waals surface area contributed by atoms with Gasteiger partial charge in [-0.15, -0.1) is 0 Å². The minimum Gasteiger partial charge on any atom is -0.337 e. The molecule has 0 radical (unpaired) electrons. The summed E-state index contributed by atoms with van der Waals surface area (Å²) in [6, 6.07) is 2.95. The van der Waals surface area contributed by atoms with Gasteiger partial charge in [0.15, 0.2) is 0 Å². The minimum absolute atomic E-state index is 0.0373. The number of hydrogen-bond acceptors (Lipinski definition) is 3. The molecule has 3 rings (SSSR count). The monoisotopic (exact) mass is 319 g/mol. The van der Waals surface area contributed by atoms with Gasteiger partial charge in [0.05, 0.1) is 11.6 Å². The highest BCUT2D eigenvalue weighted by atomic mass is 35.5. The summed E-state index contributed by atoms with van der Waals surface area (Å²) in [6.07, 6.45) is 7.06. The highest BCUT2D eigenvalue weighted by Crippen LogP contribution is 2.32. The molecule has 0 spiro atoms. The molecule has 0 fully saturated rings. The van der Waals surface area contributed by atoms with Gasteiger partial charge in [0, 0.05) is 43.9 Å². The van der Waals surface area contributed by atoms with E-state index >= 15 is 0 Å². The third-order valence-corrected chi connectivity index (χ3v) is 3.94. The molecular formula is C15H15ClFN5. The fraction of sp³-hybridized carbons (Fsp3) is 0.200. The first kappa shape index (κ1) is 14.7. The lowest BCUT2D eigenvalue weighted by molar-refractivity contribution is 0.627. The Morgan fingerprint density at radius 3 is 2.68 bits per heavy atom. The van der Waals surface area contributed by atoms with Crippen LogP contribution in [-0.2, 0) is 20.1 Å². The second-order valence-electron chi connectivity index (χ2n) is 4.93. The van der Waals surface area contributed by atoms with Crippen LogP contribution in [0, 0.1) is 5.82 Å². The Labute approximate surface area is 132 Å². The van der Waals surface area contributed by atoms with Gasteiger partial charge in [-0.1, -0.05) is 17.7 Å². The Morgan fingerprint density at radius 2 is 2.00 bits per heavy atom. The van der Waals surface area contributed by atoms with Crippen LogP contribution in [-0.4, -0.2) is 19.1 Å². The molecule has 0 aliphatic heterocycles. The molecule has 2 N–H and O–H groups in total. The number of nitrogens with two attached hydrogens (primary N) is 1. The standard InChI is InChI=1S/C15H15ClFN5/c1-21-6-4-19-12(21)9-22-7-5-20-15(22)13-10(8-18)2-3-11(17)14(13)16/h2-7H,8-9,18H2,1H3. The van der Waals surface area contributed by atoms with Crippen LogP contribution in [0.2, 0.25) is 5.02 Å². The summed E-state index contributed by atoms with van der Waals surface area (Å²) in [5.74, 6) is 0.953. The van der Waals surface area contributed by atoms with Gasteiger partial charge in [-0.05, 0) is 11.6 Å². The molecule has 0 saturated carbocycles. The van der Waals surface area contributed by atoms with Crippen LogP contribution in [0.4, 0.5) is 4.39 Å². The molecule has 3 aromatic rings. The number of imidazole rings is 2. The highest BCUT2D eigenvalue weighted by Gasteiger charge is 2.18. The molecule has 0 bridgehead atoms. The van der Waals surface area contributed by atoms with Crippen molar-refractivity contribution < 1.29 is 4.39 Å². The average molecular weight is 320 g/mol. The minimum atomic E-state index is -0.486. The van der Waals surface area contributed by atoms with Gasteiger partial charge in [0.2, 0.25) is 0 Å². The number of benzene rings is 1. The van der Waals surface area contributed by atoms with E-state index < -0.39 is 5.82 Å². The smallest absolute Gasteiger partial charge is 0.142 e. The molecule has 0 amide bonds. The largest absolute Gasteiger partial charge is 0.337 e. The maximum absolute atomic E-state index is 13.8. The summed E-state index contributed by atoms with van der Waals surface area (Å²) in [7, 11) is 1.92. The molecular weight excluding hydrogens is 305 g/mol. The van der Waals surface area contributed by atoms with Crippen LogP contribution < -0.4 is 5.73 Å². The van der Waals surface area contributed by atoms with E-state index in [1.807, 2.05) is 28.6 Å². The van der Waals surface area contributed by atoms with Crippen molar-refractivity contribution in [2.24, 2.45) is 12.8 Å². The van der Waals surface area contributed by atoms with Crippen LogP contribution in [0.15, 0.2) is 36.9 Å².